The van der Waals surface area contributed by atoms with Gasteiger partial charge in [-0.2, -0.15) is 0 Å². The van der Waals surface area contributed by atoms with E-state index < -0.39 is 0 Å². The molecule has 0 spiro atoms. The SMILES string of the molecule is CCCCN1C(=O)C(C)=C(C)C1SCC. The molecule has 0 radical (unpaired) electrons. The van der Waals surface area contributed by atoms with Crippen LogP contribution in [0.3, 0.4) is 0 Å². The van der Waals surface area contributed by atoms with Crippen molar-refractivity contribution in [3.8, 4) is 0 Å². The lowest BCUT2D eigenvalue weighted by molar-refractivity contribution is -0.125. The molecule has 0 saturated carbocycles. The average Bonchev–Trinajstić information content (AvgIpc) is 2.42. The number of hydrogen-bond donors (Lipinski definition) is 0. The third-order valence-electron chi connectivity index (χ3n) is 2.90. The number of carbonyl (C=O) groups excluding carboxylic acids is 1. The molecule has 0 saturated heterocycles. The Morgan fingerprint density at radius 2 is 2.00 bits per heavy atom. The van der Waals surface area contributed by atoms with E-state index in [0.717, 1.165) is 30.7 Å². The second-order valence-corrected chi connectivity index (χ2v) is 5.33. The van der Waals surface area contributed by atoms with Crippen molar-refractivity contribution in [2.24, 2.45) is 0 Å². The lowest BCUT2D eigenvalue weighted by Crippen LogP contribution is -2.34. The van der Waals surface area contributed by atoms with Crippen LogP contribution in [0.4, 0.5) is 0 Å². The molecule has 0 aromatic heterocycles. The summed E-state index contributed by atoms with van der Waals surface area (Å²) in [5, 5.41) is 0.300. The monoisotopic (exact) mass is 227 g/mol. The van der Waals surface area contributed by atoms with Crippen molar-refractivity contribution in [1.29, 1.82) is 0 Å². The maximum atomic E-state index is 12.0. The van der Waals surface area contributed by atoms with Crippen molar-refractivity contribution in [3.05, 3.63) is 11.1 Å². The standard InChI is InChI=1S/C12H21NOS/c1-5-7-8-13-11(14)9(3)10(4)12(13)15-6-2/h12H,5-8H2,1-4H3. The van der Waals surface area contributed by atoms with Gasteiger partial charge < -0.3 is 4.90 Å². The van der Waals surface area contributed by atoms with E-state index in [1.807, 2.05) is 23.6 Å². The number of carbonyl (C=O) groups is 1. The fraction of sp³-hybridized carbons (Fsp3) is 0.750. The first-order valence-corrected chi connectivity index (χ1v) is 6.78. The molecule has 15 heavy (non-hydrogen) atoms. The van der Waals surface area contributed by atoms with E-state index in [9.17, 15) is 4.79 Å². The Morgan fingerprint density at radius 1 is 1.33 bits per heavy atom. The van der Waals surface area contributed by atoms with Crippen molar-refractivity contribution >= 4 is 17.7 Å². The molecule has 2 nitrogen and oxygen atoms in total. The summed E-state index contributed by atoms with van der Waals surface area (Å²) in [5.41, 5.74) is 2.21. The lowest BCUT2D eigenvalue weighted by Gasteiger charge is -2.25. The van der Waals surface area contributed by atoms with E-state index in [2.05, 4.69) is 20.8 Å². The fourth-order valence-corrected chi connectivity index (χ4v) is 2.95. The van der Waals surface area contributed by atoms with Crippen LogP contribution < -0.4 is 0 Å². The maximum Gasteiger partial charge on any atom is 0.250 e. The van der Waals surface area contributed by atoms with Gasteiger partial charge in [-0.3, -0.25) is 4.79 Å². The Hall–Kier alpha value is -0.440. The van der Waals surface area contributed by atoms with Gasteiger partial charge in [-0.1, -0.05) is 20.3 Å². The largest absolute Gasteiger partial charge is 0.323 e. The highest BCUT2D eigenvalue weighted by Gasteiger charge is 2.33. The summed E-state index contributed by atoms with van der Waals surface area (Å²) in [6.45, 7) is 9.25. The van der Waals surface area contributed by atoms with Gasteiger partial charge in [0.05, 0.1) is 5.37 Å². The van der Waals surface area contributed by atoms with Crippen LogP contribution in [0.5, 0.6) is 0 Å². The topological polar surface area (TPSA) is 20.3 Å². The first kappa shape index (κ1) is 12.6. The summed E-state index contributed by atoms with van der Waals surface area (Å²) in [5.74, 6) is 1.30. The van der Waals surface area contributed by atoms with E-state index in [1.165, 1.54) is 5.57 Å². The van der Waals surface area contributed by atoms with Crippen molar-refractivity contribution in [2.75, 3.05) is 12.3 Å². The Labute approximate surface area is 97.1 Å². The van der Waals surface area contributed by atoms with E-state index in [1.54, 1.807) is 0 Å². The quantitative estimate of drug-likeness (QED) is 0.719. The molecule has 1 aliphatic heterocycles. The first-order chi connectivity index (χ1) is 7.13. The van der Waals surface area contributed by atoms with Crippen LogP contribution in [0.25, 0.3) is 0 Å². The molecule has 0 fully saturated rings. The highest BCUT2D eigenvalue weighted by atomic mass is 32.2. The Bertz CT molecular complexity index is 273. The normalized spacial score (nSPS) is 21.7. The van der Waals surface area contributed by atoms with E-state index in [-0.39, 0.29) is 5.91 Å². The average molecular weight is 227 g/mol. The van der Waals surface area contributed by atoms with Crippen molar-refractivity contribution < 1.29 is 4.79 Å². The predicted molar refractivity (Wildman–Crippen MR) is 66.9 cm³/mol. The van der Waals surface area contributed by atoms with Crippen LogP contribution in [0.1, 0.15) is 40.5 Å². The van der Waals surface area contributed by atoms with Crippen molar-refractivity contribution in [2.45, 2.75) is 45.9 Å². The van der Waals surface area contributed by atoms with Gasteiger partial charge in [-0.25, -0.2) is 0 Å². The van der Waals surface area contributed by atoms with Gasteiger partial charge in [0, 0.05) is 12.1 Å². The Balaban J connectivity index is 2.74. The molecule has 1 amide bonds. The smallest absolute Gasteiger partial charge is 0.250 e. The second kappa shape index (κ2) is 5.59. The molecule has 0 aliphatic carbocycles. The number of thioether (sulfide) groups is 1. The van der Waals surface area contributed by atoms with Crippen molar-refractivity contribution in [1.82, 2.24) is 4.90 Å². The van der Waals surface area contributed by atoms with Crippen molar-refractivity contribution in [3.63, 3.8) is 0 Å². The van der Waals surface area contributed by atoms with E-state index in [4.69, 9.17) is 0 Å². The molecule has 0 N–H and O–H groups in total. The predicted octanol–water partition coefficient (Wildman–Crippen LogP) is 3.04. The number of rotatable bonds is 5. The van der Waals surface area contributed by atoms with E-state index in [0.29, 0.717) is 5.37 Å². The molecule has 1 atom stereocenters. The van der Waals surface area contributed by atoms with Gasteiger partial charge >= 0.3 is 0 Å². The van der Waals surface area contributed by atoms with Gasteiger partial charge in [0.15, 0.2) is 0 Å². The van der Waals surface area contributed by atoms with Crippen LogP contribution in [-0.4, -0.2) is 28.5 Å². The van der Waals surface area contributed by atoms with E-state index >= 15 is 0 Å². The molecule has 3 heteroatoms. The number of hydrogen-bond acceptors (Lipinski definition) is 2. The van der Waals surface area contributed by atoms with Crippen LogP contribution in [-0.2, 0) is 4.79 Å². The van der Waals surface area contributed by atoms with Crippen LogP contribution in [0.15, 0.2) is 11.1 Å². The summed E-state index contributed by atoms with van der Waals surface area (Å²) >= 11 is 1.86. The molecule has 1 rings (SSSR count). The molecule has 86 valence electrons. The second-order valence-electron chi connectivity index (χ2n) is 3.97. The number of nitrogens with zero attached hydrogens (tertiary/aromatic N) is 1. The molecule has 0 aromatic rings. The Morgan fingerprint density at radius 3 is 2.53 bits per heavy atom. The summed E-state index contributed by atoms with van der Waals surface area (Å²) in [4.78, 5) is 14.0. The number of amides is 1. The third kappa shape index (κ3) is 2.57. The molecule has 1 aliphatic rings. The van der Waals surface area contributed by atoms with Gasteiger partial charge in [0.1, 0.15) is 0 Å². The summed E-state index contributed by atoms with van der Waals surface area (Å²) in [6, 6.07) is 0. The third-order valence-corrected chi connectivity index (χ3v) is 4.16. The molecule has 0 aromatic carbocycles. The summed E-state index contributed by atoms with van der Waals surface area (Å²) < 4.78 is 0. The maximum absolute atomic E-state index is 12.0. The van der Waals surface area contributed by atoms with Gasteiger partial charge in [0.2, 0.25) is 0 Å². The summed E-state index contributed by atoms with van der Waals surface area (Å²) in [6.07, 6.45) is 2.25. The zero-order valence-electron chi connectivity index (χ0n) is 10.2. The fourth-order valence-electron chi connectivity index (χ4n) is 1.83. The highest BCUT2D eigenvalue weighted by Crippen LogP contribution is 2.32. The number of unbranched alkanes of at least 4 members (excludes halogenated alkanes) is 1. The minimum Gasteiger partial charge on any atom is -0.323 e. The Kier molecular flexibility index (Phi) is 4.71. The molecule has 1 heterocycles. The van der Waals surface area contributed by atoms with Crippen LogP contribution >= 0.6 is 11.8 Å². The molecule has 1 unspecified atom stereocenters. The zero-order valence-corrected chi connectivity index (χ0v) is 11.0. The lowest BCUT2D eigenvalue weighted by atomic mass is 10.2. The minimum absolute atomic E-state index is 0.243. The highest BCUT2D eigenvalue weighted by molar-refractivity contribution is 8.00. The van der Waals surface area contributed by atoms with Crippen LogP contribution in [0.2, 0.25) is 0 Å². The van der Waals surface area contributed by atoms with Crippen LogP contribution in [0, 0.1) is 0 Å². The van der Waals surface area contributed by atoms with Gasteiger partial charge in [-0.15, -0.1) is 11.8 Å². The molecular weight excluding hydrogens is 206 g/mol. The minimum atomic E-state index is 0.243. The zero-order chi connectivity index (χ0) is 11.4. The van der Waals surface area contributed by atoms with Gasteiger partial charge in [-0.05, 0) is 31.6 Å². The summed E-state index contributed by atoms with van der Waals surface area (Å²) in [7, 11) is 0. The molecular formula is C12H21NOS. The molecule has 0 bridgehead atoms. The first-order valence-electron chi connectivity index (χ1n) is 5.73. The van der Waals surface area contributed by atoms with Gasteiger partial charge in [0.25, 0.3) is 5.91 Å².